The van der Waals surface area contributed by atoms with Gasteiger partial charge >= 0.3 is 0 Å². The maximum absolute atomic E-state index is 13.3. The summed E-state index contributed by atoms with van der Waals surface area (Å²) in [5, 5.41) is 3.68. The van der Waals surface area contributed by atoms with Crippen LogP contribution in [0, 0.1) is 12.8 Å². The standard InChI is InChI=1S/C24H32N4O2S/c1-15(2)13-28-23(30)22-20(26-24(28)31-6)11-17(5)27(22)14-21(29)25-12-18-7-9-19(10-8-18)16(3)4/h7-11,15-16H,12-14H2,1-6H3,(H,25,29). The van der Waals surface area contributed by atoms with Gasteiger partial charge in [0, 0.05) is 18.8 Å². The summed E-state index contributed by atoms with van der Waals surface area (Å²) in [6.07, 6.45) is 1.93. The predicted octanol–water partition coefficient (Wildman–Crippen LogP) is 4.32. The fraction of sp³-hybridized carbons (Fsp3) is 0.458. The Morgan fingerprint density at radius 1 is 1.13 bits per heavy atom. The minimum atomic E-state index is -0.128. The minimum Gasteiger partial charge on any atom is -0.350 e. The first kappa shape index (κ1) is 23.1. The molecule has 6 nitrogen and oxygen atoms in total. The summed E-state index contributed by atoms with van der Waals surface area (Å²) in [5.74, 6) is 0.670. The van der Waals surface area contributed by atoms with Gasteiger partial charge in [-0.15, -0.1) is 0 Å². The molecule has 7 heteroatoms. The molecule has 2 aromatic heterocycles. The monoisotopic (exact) mass is 440 g/mol. The van der Waals surface area contributed by atoms with Crippen LogP contribution in [0.1, 0.15) is 50.4 Å². The minimum absolute atomic E-state index is 0.0896. The Morgan fingerprint density at radius 2 is 1.81 bits per heavy atom. The molecule has 0 fully saturated rings. The molecular formula is C24H32N4O2S. The highest BCUT2D eigenvalue weighted by atomic mass is 32.2. The number of aryl methyl sites for hydroxylation is 1. The van der Waals surface area contributed by atoms with Crippen LogP contribution in [-0.4, -0.2) is 26.3 Å². The quantitative estimate of drug-likeness (QED) is 0.418. The molecule has 0 aliphatic carbocycles. The van der Waals surface area contributed by atoms with Crippen molar-refractivity contribution in [2.24, 2.45) is 5.92 Å². The van der Waals surface area contributed by atoms with E-state index < -0.39 is 0 Å². The number of fused-ring (bicyclic) bond motifs is 1. The highest BCUT2D eigenvalue weighted by molar-refractivity contribution is 7.98. The largest absolute Gasteiger partial charge is 0.350 e. The van der Waals surface area contributed by atoms with Gasteiger partial charge in [-0.2, -0.15) is 0 Å². The Balaban J connectivity index is 1.82. The lowest BCUT2D eigenvalue weighted by Gasteiger charge is -2.14. The van der Waals surface area contributed by atoms with E-state index in [0.29, 0.717) is 41.1 Å². The van der Waals surface area contributed by atoms with Gasteiger partial charge in [-0.25, -0.2) is 4.98 Å². The van der Waals surface area contributed by atoms with Crippen LogP contribution in [0.15, 0.2) is 40.3 Å². The molecule has 2 heterocycles. The van der Waals surface area contributed by atoms with Crippen molar-refractivity contribution < 1.29 is 4.79 Å². The van der Waals surface area contributed by atoms with Gasteiger partial charge in [-0.3, -0.25) is 14.2 Å². The number of carbonyl (C=O) groups excluding carboxylic acids is 1. The zero-order valence-electron chi connectivity index (χ0n) is 19.2. The Bertz CT molecular complexity index is 1130. The van der Waals surface area contributed by atoms with Crippen LogP contribution in [0.3, 0.4) is 0 Å². The maximum Gasteiger partial charge on any atom is 0.278 e. The van der Waals surface area contributed by atoms with Gasteiger partial charge in [-0.05, 0) is 42.2 Å². The molecule has 0 atom stereocenters. The Hall–Kier alpha value is -2.54. The molecule has 0 aliphatic rings. The van der Waals surface area contributed by atoms with Gasteiger partial charge in [0.2, 0.25) is 5.91 Å². The van der Waals surface area contributed by atoms with Crippen molar-refractivity contribution in [3.05, 3.63) is 57.5 Å². The molecule has 1 amide bonds. The first-order chi connectivity index (χ1) is 14.7. The fourth-order valence-corrected chi connectivity index (χ4v) is 4.22. The van der Waals surface area contributed by atoms with Gasteiger partial charge in [0.05, 0.1) is 5.52 Å². The van der Waals surface area contributed by atoms with Gasteiger partial charge in [-0.1, -0.05) is 63.7 Å². The first-order valence-corrected chi connectivity index (χ1v) is 11.9. The molecule has 0 bridgehead atoms. The van der Waals surface area contributed by atoms with E-state index in [1.54, 1.807) is 9.13 Å². The molecular weight excluding hydrogens is 408 g/mol. The Morgan fingerprint density at radius 3 is 2.39 bits per heavy atom. The summed E-state index contributed by atoms with van der Waals surface area (Å²) in [4.78, 5) is 30.7. The van der Waals surface area contributed by atoms with Crippen molar-refractivity contribution in [3.8, 4) is 0 Å². The van der Waals surface area contributed by atoms with E-state index in [1.165, 1.54) is 17.3 Å². The molecule has 3 rings (SSSR count). The van der Waals surface area contributed by atoms with E-state index in [9.17, 15) is 9.59 Å². The van der Waals surface area contributed by atoms with Gasteiger partial charge in [0.25, 0.3) is 5.56 Å². The predicted molar refractivity (Wildman–Crippen MR) is 128 cm³/mol. The topological polar surface area (TPSA) is 68.9 Å². The van der Waals surface area contributed by atoms with Crippen molar-refractivity contribution in [1.29, 1.82) is 0 Å². The highest BCUT2D eigenvalue weighted by Gasteiger charge is 2.18. The van der Waals surface area contributed by atoms with Gasteiger partial charge in [0.1, 0.15) is 12.1 Å². The summed E-state index contributed by atoms with van der Waals surface area (Å²) in [6, 6.07) is 10.2. The molecule has 3 aromatic rings. The number of rotatable bonds is 8. The lowest BCUT2D eigenvalue weighted by atomic mass is 10.0. The summed E-state index contributed by atoms with van der Waals surface area (Å²) in [5.41, 5.74) is 4.23. The normalized spacial score (nSPS) is 11.6. The number of hydrogen-bond donors (Lipinski definition) is 1. The van der Waals surface area contributed by atoms with Crippen molar-refractivity contribution in [3.63, 3.8) is 0 Å². The Kier molecular flexibility index (Phi) is 7.26. The summed E-state index contributed by atoms with van der Waals surface area (Å²) < 4.78 is 3.50. The van der Waals surface area contributed by atoms with E-state index in [2.05, 4.69) is 50.1 Å². The number of nitrogens with zero attached hydrogens (tertiary/aromatic N) is 3. The zero-order chi connectivity index (χ0) is 22.7. The maximum atomic E-state index is 13.3. The van der Waals surface area contributed by atoms with Gasteiger partial charge < -0.3 is 9.88 Å². The van der Waals surface area contributed by atoms with Crippen LogP contribution in [0.25, 0.3) is 11.0 Å². The molecule has 0 spiro atoms. The SMILES string of the molecule is CSc1nc2cc(C)n(CC(=O)NCc3ccc(C(C)C)cc3)c2c(=O)n1CC(C)C. The van der Waals surface area contributed by atoms with Crippen molar-refractivity contribution in [2.75, 3.05) is 6.26 Å². The molecule has 1 aromatic carbocycles. The van der Waals surface area contributed by atoms with Crippen LogP contribution in [0.4, 0.5) is 0 Å². The fourth-order valence-electron chi connectivity index (χ4n) is 3.65. The number of amides is 1. The average Bonchev–Trinajstić information content (AvgIpc) is 3.03. The summed E-state index contributed by atoms with van der Waals surface area (Å²) in [7, 11) is 0. The second kappa shape index (κ2) is 9.73. The number of thioether (sulfide) groups is 1. The first-order valence-electron chi connectivity index (χ1n) is 10.7. The summed E-state index contributed by atoms with van der Waals surface area (Å²) >= 11 is 1.47. The molecule has 1 N–H and O–H groups in total. The van der Waals surface area contributed by atoms with E-state index in [0.717, 1.165) is 11.3 Å². The lowest BCUT2D eigenvalue weighted by Crippen LogP contribution is -2.30. The molecule has 0 aliphatic heterocycles. The van der Waals surface area contributed by atoms with E-state index >= 15 is 0 Å². The molecule has 166 valence electrons. The molecule has 0 saturated heterocycles. The second-order valence-corrected chi connectivity index (χ2v) is 9.46. The van der Waals surface area contributed by atoms with Crippen LogP contribution in [-0.2, 0) is 24.4 Å². The smallest absolute Gasteiger partial charge is 0.278 e. The van der Waals surface area contributed by atoms with Crippen LogP contribution in [0.5, 0.6) is 0 Å². The average molecular weight is 441 g/mol. The number of aromatic nitrogens is 3. The molecule has 31 heavy (non-hydrogen) atoms. The number of carbonyl (C=O) groups is 1. The molecule has 0 radical (unpaired) electrons. The van der Waals surface area contributed by atoms with Crippen molar-refractivity contribution >= 4 is 28.7 Å². The molecule has 0 unspecified atom stereocenters. The number of hydrogen-bond acceptors (Lipinski definition) is 4. The zero-order valence-corrected chi connectivity index (χ0v) is 20.0. The van der Waals surface area contributed by atoms with Crippen molar-refractivity contribution in [2.45, 2.75) is 65.3 Å². The highest BCUT2D eigenvalue weighted by Crippen LogP contribution is 2.20. The third kappa shape index (κ3) is 5.21. The van der Waals surface area contributed by atoms with Gasteiger partial charge in [0.15, 0.2) is 5.16 Å². The van der Waals surface area contributed by atoms with E-state index in [4.69, 9.17) is 0 Å². The van der Waals surface area contributed by atoms with Crippen LogP contribution >= 0.6 is 11.8 Å². The lowest BCUT2D eigenvalue weighted by molar-refractivity contribution is -0.121. The third-order valence-electron chi connectivity index (χ3n) is 5.35. The third-order valence-corrected chi connectivity index (χ3v) is 6.02. The molecule has 0 saturated carbocycles. The Labute approximate surface area is 188 Å². The summed E-state index contributed by atoms with van der Waals surface area (Å²) in [6.45, 7) is 11.5. The number of benzene rings is 1. The van der Waals surface area contributed by atoms with Crippen molar-refractivity contribution in [1.82, 2.24) is 19.4 Å². The second-order valence-electron chi connectivity index (χ2n) is 8.69. The number of nitrogens with one attached hydrogen (secondary N) is 1. The van der Waals surface area contributed by atoms with E-state index in [-0.39, 0.29) is 18.0 Å². The van der Waals surface area contributed by atoms with Crippen LogP contribution < -0.4 is 10.9 Å². The van der Waals surface area contributed by atoms with Crippen LogP contribution in [0.2, 0.25) is 0 Å². The van der Waals surface area contributed by atoms with E-state index in [1.807, 2.05) is 31.4 Å².